The van der Waals surface area contributed by atoms with Gasteiger partial charge in [-0.15, -0.1) is 5.10 Å². The van der Waals surface area contributed by atoms with E-state index >= 15 is 0 Å². The van der Waals surface area contributed by atoms with Crippen LogP contribution < -0.4 is 9.64 Å². The van der Waals surface area contributed by atoms with Gasteiger partial charge in [0, 0.05) is 38.2 Å². The molecule has 1 aromatic heterocycles. The summed E-state index contributed by atoms with van der Waals surface area (Å²) in [7, 11) is 0. The molecule has 0 spiro atoms. The topological polar surface area (TPSA) is 58.6 Å². The normalized spacial score (nSPS) is 18.3. The summed E-state index contributed by atoms with van der Waals surface area (Å²) in [4.78, 5) is 16.5. The minimum Gasteiger partial charge on any atom is -0.481 e. The van der Waals surface area contributed by atoms with Gasteiger partial charge in [0.15, 0.2) is 11.9 Å². The van der Waals surface area contributed by atoms with Gasteiger partial charge in [-0.3, -0.25) is 4.79 Å². The number of ether oxygens (including phenoxy) is 1. The van der Waals surface area contributed by atoms with Gasteiger partial charge in [0.05, 0.1) is 5.69 Å². The van der Waals surface area contributed by atoms with Crippen molar-refractivity contribution in [2.75, 3.05) is 31.1 Å². The summed E-state index contributed by atoms with van der Waals surface area (Å²) in [6, 6.07) is 9.93. The van der Waals surface area contributed by atoms with Crippen LogP contribution in [0.2, 0.25) is 0 Å². The average molecular weight is 370 g/mol. The van der Waals surface area contributed by atoms with Crippen LogP contribution in [0.25, 0.3) is 0 Å². The van der Waals surface area contributed by atoms with Crippen LogP contribution in [0.15, 0.2) is 36.4 Å². The molecule has 2 fully saturated rings. The number of carbonyl (C=O) groups is 1. The number of halogens is 1. The molecule has 1 amide bonds. The summed E-state index contributed by atoms with van der Waals surface area (Å²) in [6.45, 7) is 4.30. The van der Waals surface area contributed by atoms with Crippen molar-refractivity contribution in [3.63, 3.8) is 0 Å². The third-order valence-corrected chi connectivity index (χ3v) is 5.04. The molecule has 0 radical (unpaired) electrons. The highest BCUT2D eigenvalue weighted by molar-refractivity contribution is 5.81. The standard InChI is InChI=1S/C20H23FN4O2/c1-14(27-17-4-2-3-16(21)13-17)20(26)25-11-9-24(10-12-25)19-8-7-18(22-23-19)15-5-6-15/h2-4,7-8,13-15H,5-6,9-12H2,1H3. The van der Waals surface area contributed by atoms with Crippen LogP contribution in [-0.4, -0.2) is 53.3 Å². The molecular weight excluding hydrogens is 347 g/mol. The Labute approximate surface area is 157 Å². The second-order valence-corrected chi connectivity index (χ2v) is 7.12. The lowest BCUT2D eigenvalue weighted by Gasteiger charge is -2.36. The predicted octanol–water partition coefficient (Wildman–Crippen LogP) is 2.61. The first kappa shape index (κ1) is 17.7. The predicted molar refractivity (Wildman–Crippen MR) is 99.3 cm³/mol. The van der Waals surface area contributed by atoms with Crippen molar-refractivity contribution in [1.82, 2.24) is 15.1 Å². The molecule has 7 heteroatoms. The molecule has 1 aliphatic heterocycles. The van der Waals surface area contributed by atoms with Crippen molar-refractivity contribution in [1.29, 1.82) is 0 Å². The maximum Gasteiger partial charge on any atom is 0.263 e. The smallest absolute Gasteiger partial charge is 0.263 e. The molecule has 2 aromatic rings. The summed E-state index contributed by atoms with van der Waals surface area (Å²) in [6.07, 6.45) is 1.77. The molecule has 1 saturated carbocycles. The highest BCUT2D eigenvalue weighted by Crippen LogP contribution is 2.38. The van der Waals surface area contributed by atoms with Crippen LogP contribution in [-0.2, 0) is 4.79 Å². The molecule has 2 heterocycles. The summed E-state index contributed by atoms with van der Waals surface area (Å²) in [5.74, 6) is 1.35. The van der Waals surface area contributed by atoms with Gasteiger partial charge in [0.25, 0.3) is 5.91 Å². The van der Waals surface area contributed by atoms with Crippen molar-refractivity contribution in [2.45, 2.75) is 31.8 Å². The highest BCUT2D eigenvalue weighted by atomic mass is 19.1. The fourth-order valence-electron chi connectivity index (χ4n) is 3.31. The molecule has 142 valence electrons. The lowest BCUT2D eigenvalue weighted by molar-refractivity contribution is -0.138. The SMILES string of the molecule is CC(Oc1cccc(F)c1)C(=O)N1CCN(c2ccc(C3CC3)nn2)CC1. The van der Waals surface area contributed by atoms with Crippen molar-refractivity contribution in [3.8, 4) is 5.75 Å². The number of carbonyl (C=O) groups excluding carboxylic acids is 1. The molecule has 1 saturated heterocycles. The maximum atomic E-state index is 13.3. The first-order valence-electron chi connectivity index (χ1n) is 9.40. The highest BCUT2D eigenvalue weighted by Gasteiger charge is 2.28. The Balaban J connectivity index is 1.30. The van der Waals surface area contributed by atoms with Gasteiger partial charge < -0.3 is 14.5 Å². The van der Waals surface area contributed by atoms with E-state index in [1.54, 1.807) is 24.0 Å². The van der Waals surface area contributed by atoms with E-state index in [-0.39, 0.29) is 11.7 Å². The van der Waals surface area contributed by atoms with Gasteiger partial charge in [-0.2, -0.15) is 5.10 Å². The molecule has 0 bridgehead atoms. The minimum absolute atomic E-state index is 0.0888. The number of nitrogens with zero attached hydrogens (tertiary/aromatic N) is 4. The molecule has 1 aromatic carbocycles. The second-order valence-electron chi connectivity index (χ2n) is 7.12. The third-order valence-electron chi connectivity index (χ3n) is 5.04. The van der Waals surface area contributed by atoms with E-state index < -0.39 is 6.10 Å². The Morgan fingerprint density at radius 3 is 2.56 bits per heavy atom. The van der Waals surface area contributed by atoms with E-state index in [9.17, 15) is 9.18 Å². The summed E-state index contributed by atoms with van der Waals surface area (Å²) >= 11 is 0. The number of rotatable bonds is 5. The zero-order valence-corrected chi connectivity index (χ0v) is 15.3. The van der Waals surface area contributed by atoms with E-state index in [4.69, 9.17) is 4.74 Å². The Morgan fingerprint density at radius 2 is 1.93 bits per heavy atom. The maximum absolute atomic E-state index is 13.3. The number of benzene rings is 1. The molecule has 0 N–H and O–H groups in total. The Hall–Kier alpha value is -2.70. The molecule has 27 heavy (non-hydrogen) atoms. The number of hydrogen-bond acceptors (Lipinski definition) is 5. The molecular formula is C20H23FN4O2. The van der Waals surface area contributed by atoms with Crippen molar-refractivity contribution in [3.05, 3.63) is 47.9 Å². The molecule has 1 aliphatic carbocycles. The first-order chi connectivity index (χ1) is 13.1. The van der Waals surface area contributed by atoms with Gasteiger partial charge >= 0.3 is 0 Å². The lowest BCUT2D eigenvalue weighted by atomic mass is 10.2. The Morgan fingerprint density at radius 1 is 1.15 bits per heavy atom. The number of aromatic nitrogens is 2. The summed E-state index contributed by atoms with van der Waals surface area (Å²) in [5, 5.41) is 8.67. The number of anilines is 1. The summed E-state index contributed by atoms with van der Waals surface area (Å²) in [5.41, 5.74) is 1.08. The lowest BCUT2D eigenvalue weighted by Crippen LogP contribution is -2.52. The van der Waals surface area contributed by atoms with Crippen LogP contribution in [0.3, 0.4) is 0 Å². The molecule has 4 rings (SSSR count). The van der Waals surface area contributed by atoms with E-state index in [0.717, 1.165) is 11.5 Å². The number of hydrogen-bond donors (Lipinski definition) is 0. The van der Waals surface area contributed by atoms with Crippen LogP contribution in [0.5, 0.6) is 5.75 Å². The molecule has 6 nitrogen and oxygen atoms in total. The molecule has 1 unspecified atom stereocenters. The van der Waals surface area contributed by atoms with Gasteiger partial charge in [-0.05, 0) is 44.0 Å². The van der Waals surface area contributed by atoms with E-state index in [0.29, 0.717) is 37.8 Å². The quantitative estimate of drug-likeness (QED) is 0.810. The van der Waals surface area contributed by atoms with Crippen molar-refractivity contribution >= 4 is 11.7 Å². The van der Waals surface area contributed by atoms with Crippen LogP contribution in [0.4, 0.5) is 10.2 Å². The number of amides is 1. The molecule has 2 aliphatic rings. The zero-order valence-electron chi connectivity index (χ0n) is 15.3. The van der Waals surface area contributed by atoms with Gasteiger partial charge in [0.2, 0.25) is 0 Å². The largest absolute Gasteiger partial charge is 0.481 e. The second kappa shape index (κ2) is 7.50. The van der Waals surface area contributed by atoms with Gasteiger partial charge in [0.1, 0.15) is 11.6 Å². The fourth-order valence-corrected chi connectivity index (χ4v) is 3.31. The van der Waals surface area contributed by atoms with Crippen LogP contribution >= 0.6 is 0 Å². The first-order valence-corrected chi connectivity index (χ1v) is 9.40. The average Bonchev–Trinajstić information content (AvgIpc) is 3.53. The number of piperazine rings is 1. The monoisotopic (exact) mass is 370 g/mol. The van der Waals surface area contributed by atoms with Crippen molar-refractivity contribution in [2.24, 2.45) is 0 Å². The third kappa shape index (κ3) is 4.18. The summed E-state index contributed by atoms with van der Waals surface area (Å²) < 4.78 is 18.9. The van der Waals surface area contributed by atoms with E-state index in [2.05, 4.69) is 21.2 Å². The Bertz CT molecular complexity index is 802. The van der Waals surface area contributed by atoms with Gasteiger partial charge in [-0.25, -0.2) is 4.39 Å². The minimum atomic E-state index is -0.657. The van der Waals surface area contributed by atoms with Crippen molar-refractivity contribution < 1.29 is 13.9 Å². The van der Waals surface area contributed by atoms with E-state index in [1.165, 1.54) is 25.0 Å². The zero-order chi connectivity index (χ0) is 18.8. The van der Waals surface area contributed by atoms with Crippen LogP contribution in [0, 0.1) is 5.82 Å². The fraction of sp³-hybridized carbons (Fsp3) is 0.450. The van der Waals surface area contributed by atoms with Gasteiger partial charge in [-0.1, -0.05) is 6.07 Å². The Kier molecular flexibility index (Phi) is 4.92. The molecule has 1 atom stereocenters. The van der Waals surface area contributed by atoms with Crippen LogP contribution in [0.1, 0.15) is 31.4 Å². The van der Waals surface area contributed by atoms with E-state index in [1.807, 2.05) is 6.07 Å².